The van der Waals surface area contributed by atoms with Crippen molar-refractivity contribution in [2.45, 2.75) is 5.16 Å². The first-order chi connectivity index (χ1) is 5.89. The number of nitrogens with one attached hydrogen (secondary N) is 2. The highest BCUT2D eigenvalue weighted by atomic mass is 32.2. The van der Waals surface area contributed by atoms with E-state index in [9.17, 15) is 18.5 Å². The zero-order valence-corrected chi connectivity index (χ0v) is 7.20. The molecule has 0 atom stereocenters. The third kappa shape index (κ3) is 2.37. The fraction of sp³-hybridized carbons (Fsp3) is 0.333. The molecule has 0 aliphatic rings. The van der Waals surface area contributed by atoms with Crippen molar-refractivity contribution in [3.63, 3.8) is 0 Å². The molecule has 0 bridgehead atoms. The molecular weight excluding hydrogens is 202 g/mol. The van der Waals surface area contributed by atoms with Crippen LogP contribution in [0.4, 0.5) is 5.95 Å². The molecule has 0 saturated heterocycles. The van der Waals surface area contributed by atoms with Gasteiger partial charge in [0.15, 0.2) is 5.03 Å². The Kier molecular flexibility index (Phi) is 2.14. The topological polar surface area (TPSA) is 131 Å². The van der Waals surface area contributed by atoms with Gasteiger partial charge in [-0.25, -0.2) is 23.6 Å². The van der Waals surface area contributed by atoms with Crippen LogP contribution in [0.25, 0.3) is 0 Å². The molecule has 0 unspecified atom stereocenters. The Balaban J connectivity index is 2.94. The van der Waals surface area contributed by atoms with Crippen LogP contribution in [0, 0.1) is 10.1 Å². The van der Waals surface area contributed by atoms with Gasteiger partial charge in [0.1, 0.15) is 0 Å². The van der Waals surface area contributed by atoms with Gasteiger partial charge in [0.05, 0.1) is 0 Å². The molecule has 9 nitrogen and oxygen atoms in total. The number of anilines is 1. The van der Waals surface area contributed by atoms with E-state index in [4.69, 9.17) is 0 Å². The lowest BCUT2D eigenvalue weighted by molar-refractivity contribution is -0.446. The number of aromatic nitrogens is 3. The highest BCUT2D eigenvalue weighted by Gasteiger charge is 2.15. The van der Waals surface area contributed by atoms with Crippen LogP contribution in [0.2, 0.25) is 0 Å². The number of aromatic amines is 1. The molecule has 1 aromatic heterocycles. The lowest BCUT2D eigenvalue weighted by Gasteiger charge is -1.87. The van der Waals surface area contributed by atoms with Gasteiger partial charge in [0.2, 0.25) is 9.84 Å². The van der Waals surface area contributed by atoms with Crippen LogP contribution in [0.1, 0.15) is 0 Å². The summed E-state index contributed by atoms with van der Waals surface area (Å²) in [4.78, 5) is 13.2. The maximum atomic E-state index is 10.8. The van der Waals surface area contributed by atoms with E-state index in [2.05, 4.69) is 15.2 Å². The molecule has 0 aromatic carbocycles. The van der Waals surface area contributed by atoms with Crippen LogP contribution >= 0.6 is 0 Å². The Morgan fingerprint density at radius 2 is 2.23 bits per heavy atom. The highest BCUT2D eigenvalue weighted by molar-refractivity contribution is 7.90. The first-order valence-corrected chi connectivity index (χ1v) is 4.82. The zero-order chi connectivity index (χ0) is 10.1. The van der Waals surface area contributed by atoms with Gasteiger partial charge in [-0.15, -0.1) is 5.10 Å². The van der Waals surface area contributed by atoms with Crippen LogP contribution in [0.5, 0.6) is 0 Å². The van der Waals surface area contributed by atoms with Crippen LogP contribution in [-0.2, 0) is 9.84 Å². The van der Waals surface area contributed by atoms with Crippen LogP contribution < -0.4 is 5.43 Å². The summed E-state index contributed by atoms with van der Waals surface area (Å²) in [6.07, 6.45) is 0.895. The van der Waals surface area contributed by atoms with E-state index in [-0.39, 0.29) is 5.95 Å². The maximum absolute atomic E-state index is 10.8. The van der Waals surface area contributed by atoms with E-state index in [0.717, 1.165) is 6.26 Å². The number of hydrogen-bond acceptors (Lipinski definition) is 6. The van der Waals surface area contributed by atoms with Crippen molar-refractivity contribution < 1.29 is 13.5 Å². The van der Waals surface area contributed by atoms with Crippen LogP contribution in [0.15, 0.2) is 5.16 Å². The number of nitro groups is 1. The van der Waals surface area contributed by atoms with Gasteiger partial charge in [-0.3, -0.25) is 0 Å². The summed E-state index contributed by atoms with van der Waals surface area (Å²) in [6, 6.07) is 0. The largest absolute Gasteiger partial charge is 0.282 e. The Morgan fingerprint density at radius 1 is 1.62 bits per heavy atom. The van der Waals surface area contributed by atoms with Gasteiger partial charge in [-0.2, -0.15) is 4.98 Å². The van der Waals surface area contributed by atoms with Crippen LogP contribution in [0.3, 0.4) is 0 Å². The minimum absolute atomic E-state index is 0.328. The minimum Gasteiger partial charge on any atom is -0.240 e. The van der Waals surface area contributed by atoms with Crippen LogP contribution in [-0.4, -0.2) is 34.9 Å². The summed E-state index contributed by atoms with van der Waals surface area (Å²) in [5, 5.41) is 13.8. The third-order valence-corrected chi connectivity index (χ3v) is 1.84. The molecule has 0 radical (unpaired) electrons. The molecule has 13 heavy (non-hydrogen) atoms. The van der Waals surface area contributed by atoms with Gasteiger partial charge in [-0.05, 0) is 0 Å². The van der Waals surface area contributed by atoms with E-state index < -0.39 is 20.0 Å². The molecule has 2 N–H and O–H groups in total. The lowest BCUT2D eigenvalue weighted by Crippen LogP contribution is -2.09. The molecule has 1 heterocycles. The lowest BCUT2D eigenvalue weighted by atomic mass is 11.1. The number of sulfone groups is 1. The van der Waals surface area contributed by atoms with Crippen molar-refractivity contribution in [1.82, 2.24) is 15.2 Å². The molecule has 0 spiro atoms. The second-order valence-corrected chi connectivity index (χ2v) is 4.02. The highest BCUT2D eigenvalue weighted by Crippen LogP contribution is 2.03. The summed E-state index contributed by atoms with van der Waals surface area (Å²) in [6.45, 7) is 0. The third-order valence-electron chi connectivity index (χ3n) is 0.994. The fourth-order valence-corrected chi connectivity index (χ4v) is 1.02. The molecule has 10 heteroatoms. The van der Waals surface area contributed by atoms with Gasteiger partial charge < -0.3 is 0 Å². The van der Waals surface area contributed by atoms with Crippen molar-refractivity contribution in [3.05, 3.63) is 10.1 Å². The summed E-state index contributed by atoms with van der Waals surface area (Å²) in [7, 11) is -3.53. The SMILES string of the molecule is CS(=O)(=O)c1n[nH]c(N[N+](=O)[O-])n1. The smallest absolute Gasteiger partial charge is 0.240 e. The maximum Gasteiger partial charge on any atom is 0.282 e. The molecule has 1 aromatic rings. The second kappa shape index (κ2) is 2.97. The molecular formula is C3H5N5O4S. The molecule has 72 valence electrons. The molecule has 0 aliphatic heterocycles. The monoisotopic (exact) mass is 207 g/mol. The Labute approximate surface area is 72.2 Å². The number of hydrazine groups is 1. The van der Waals surface area contributed by atoms with Crippen molar-refractivity contribution >= 4 is 15.8 Å². The van der Waals surface area contributed by atoms with Crippen molar-refractivity contribution in [3.8, 4) is 0 Å². The number of hydrogen-bond donors (Lipinski definition) is 2. The first-order valence-electron chi connectivity index (χ1n) is 2.93. The van der Waals surface area contributed by atoms with E-state index in [1.165, 1.54) is 0 Å². The quantitative estimate of drug-likeness (QED) is 0.470. The van der Waals surface area contributed by atoms with Gasteiger partial charge in [0.25, 0.3) is 11.1 Å². The first kappa shape index (κ1) is 9.38. The normalized spacial score (nSPS) is 11.2. The predicted octanol–water partition coefficient (Wildman–Crippen LogP) is -1.19. The summed E-state index contributed by atoms with van der Waals surface area (Å²) in [5.41, 5.74) is 1.63. The van der Waals surface area contributed by atoms with Gasteiger partial charge >= 0.3 is 0 Å². The van der Waals surface area contributed by atoms with Crippen molar-refractivity contribution in [2.75, 3.05) is 11.7 Å². The molecule has 0 aliphatic carbocycles. The molecule has 0 fully saturated rings. The van der Waals surface area contributed by atoms with E-state index in [1.807, 2.05) is 0 Å². The average Bonchev–Trinajstić information content (AvgIpc) is 2.32. The summed E-state index contributed by atoms with van der Waals surface area (Å²) >= 11 is 0. The minimum atomic E-state index is -3.53. The van der Waals surface area contributed by atoms with Gasteiger partial charge in [0, 0.05) is 6.26 Å². The van der Waals surface area contributed by atoms with E-state index >= 15 is 0 Å². The number of H-pyrrole nitrogens is 1. The summed E-state index contributed by atoms with van der Waals surface area (Å²) in [5.74, 6) is -0.328. The fourth-order valence-electron chi connectivity index (χ4n) is 0.549. The molecule has 0 amide bonds. The van der Waals surface area contributed by atoms with Gasteiger partial charge in [-0.1, -0.05) is 5.43 Å². The Hall–Kier alpha value is -1.71. The molecule has 0 saturated carbocycles. The molecule has 1 rings (SSSR count). The Morgan fingerprint density at radius 3 is 2.62 bits per heavy atom. The van der Waals surface area contributed by atoms with Crippen molar-refractivity contribution in [1.29, 1.82) is 0 Å². The zero-order valence-electron chi connectivity index (χ0n) is 6.38. The standard InChI is InChI=1S/C3H5N5O4S/c1-13(11,12)3-4-2(5-6-3)7-8(9)10/h1H3,(H2,4,5,6,7). The Bertz CT molecular complexity index is 421. The summed E-state index contributed by atoms with van der Waals surface area (Å²) < 4.78 is 21.6. The predicted molar refractivity (Wildman–Crippen MR) is 40.1 cm³/mol. The van der Waals surface area contributed by atoms with E-state index in [1.54, 1.807) is 5.43 Å². The van der Waals surface area contributed by atoms with E-state index in [0.29, 0.717) is 0 Å². The second-order valence-electron chi connectivity index (χ2n) is 2.11. The van der Waals surface area contributed by atoms with Crippen molar-refractivity contribution in [2.24, 2.45) is 0 Å². The number of nitrogens with zero attached hydrogens (tertiary/aromatic N) is 3. The average molecular weight is 207 g/mol. The number of rotatable bonds is 3.